The van der Waals surface area contributed by atoms with Gasteiger partial charge in [0.25, 0.3) is 5.69 Å². The second-order valence-electron chi connectivity index (χ2n) is 4.00. The first-order chi connectivity index (χ1) is 8.90. The second kappa shape index (κ2) is 4.52. The van der Waals surface area contributed by atoms with E-state index in [9.17, 15) is 14.9 Å². The average Bonchev–Trinajstić information content (AvgIpc) is 2.71. The van der Waals surface area contributed by atoms with Crippen molar-refractivity contribution in [1.29, 1.82) is 0 Å². The molecular formula is C12H10N2O5. The molecule has 19 heavy (non-hydrogen) atoms. The number of rotatable bonds is 3. The van der Waals surface area contributed by atoms with Gasteiger partial charge in [0.15, 0.2) is 0 Å². The molecule has 0 bridgehead atoms. The Hall–Kier alpha value is -2.70. The first-order valence-corrected chi connectivity index (χ1v) is 5.36. The van der Waals surface area contributed by atoms with Crippen LogP contribution < -0.4 is 0 Å². The highest BCUT2D eigenvalue weighted by Crippen LogP contribution is 2.28. The number of benzene rings is 1. The van der Waals surface area contributed by atoms with Crippen molar-refractivity contribution in [3.05, 3.63) is 45.3 Å². The third kappa shape index (κ3) is 2.30. The summed E-state index contributed by atoms with van der Waals surface area (Å²) in [5, 5.41) is 19.6. The first-order valence-electron chi connectivity index (χ1n) is 5.36. The van der Waals surface area contributed by atoms with Crippen LogP contribution in [0.1, 0.15) is 21.8 Å². The van der Waals surface area contributed by atoms with Gasteiger partial charge in [0.2, 0.25) is 11.7 Å². The van der Waals surface area contributed by atoms with Gasteiger partial charge in [-0.2, -0.15) is 0 Å². The molecule has 0 aliphatic heterocycles. The molecule has 0 aliphatic carbocycles. The van der Waals surface area contributed by atoms with Crippen molar-refractivity contribution in [2.45, 2.75) is 13.8 Å². The fourth-order valence-corrected chi connectivity index (χ4v) is 1.66. The predicted octanol–water partition coefficient (Wildman–Crippen LogP) is 2.56. The standard InChI is InChI=1S/C12H10N2O5/c1-6-3-4-8(14(17)18)5-9(6)11-13-7(2)10(19-11)12(15)16/h3-5H,1-2H3,(H,15,16). The highest BCUT2D eigenvalue weighted by atomic mass is 16.6. The van der Waals surface area contributed by atoms with Crippen molar-refractivity contribution >= 4 is 11.7 Å². The topological polar surface area (TPSA) is 106 Å². The minimum Gasteiger partial charge on any atom is -0.475 e. The molecule has 0 fully saturated rings. The van der Waals surface area contributed by atoms with Crippen LogP contribution in [0.25, 0.3) is 11.5 Å². The summed E-state index contributed by atoms with van der Waals surface area (Å²) in [6.45, 7) is 3.24. The molecular weight excluding hydrogens is 252 g/mol. The van der Waals surface area contributed by atoms with Crippen molar-refractivity contribution < 1.29 is 19.2 Å². The van der Waals surface area contributed by atoms with Crippen LogP contribution in [-0.2, 0) is 0 Å². The molecule has 0 unspecified atom stereocenters. The zero-order valence-electron chi connectivity index (χ0n) is 10.2. The molecule has 0 radical (unpaired) electrons. The largest absolute Gasteiger partial charge is 0.475 e. The Morgan fingerprint density at radius 2 is 2.11 bits per heavy atom. The van der Waals surface area contributed by atoms with E-state index < -0.39 is 10.9 Å². The number of hydrogen-bond donors (Lipinski definition) is 1. The molecule has 1 aromatic carbocycles. The monoisotopic (exact) mass is 262 g/mol. The van der Waals surface area contributed by atoms with Gasteiger partial charge >= 0.3 is 5.97 Å². The average molecular weight is 262 g/mol. The van der Waals surface area contributed by atoms with Crippen LogP contribution in [0.3, 0.4) is 0 Å². The summed E-state index contributed by atoms with van der Waals surface area (Å²) in [4.78, 5) is 25.1. The van der Waals surface area contributed by atoms with Crippen LogP contribution in [0.4, 0.5) is 5.69 Å². The molecule has 0 amide bonds. The summed E-state index contributed by atoms with van der Waals surface area (Å²) in [5.41, 5.74) is 1.25. The Labute approximate surface area is 107 Å². The van der Waals surface area contributed by atoms with Crippen molar-refractivity contribution in [2.75, 3.05) is 0 Å². The van der Waals surface area contributed by atoms with Crippen LogP contribution >= 0.6 is 0 Å². The molecule has 1 N–H and O–H groups in total. The van der Waals surface area contributed by atoms with Gasteiger partial charge in [-0.05, 0) is 19.4 Å². The van der Waals surface area contributed by atoms with Crippen molar-refractivity contribution in [3.8, 4) is 11.5 Å². The quantitative estimate of drug-likeness (QED) is 0.672. The van der Waals surface area contributed by atoms with Gasteiger partial charge < -0.3 is 9.52 Å². The normalized spacial score (nSPS) is 10.4. The third-order valence-electron chi connectivity index (χ3n) is 2.65. The maximum absolute atomic E-state index is 10.9. The van der Waals surface area contributed by atoms with Crippen molar-refractivity contribution in [1.82, 2.24) is 4.98 Å². The van der Waals surface area contributed by atoms with Gasteiger partial charge in [0.1, 0.15) is 0 Å². The lowest BCUT2D eigenvalue weighted by atomic mass is 10.1. The van der Waals surface area contributed by atoms with E-state index >= 15 is 0 Å². The minimum atomic E-state index is -1.22. The lowest BCUT2D eigenvalue weighted by Crippen LogP contribution is -1.95. The number of carboxylic acids is 1. The van der Waals surface area contributed by atoms with Gasteiger partial charge in [-0.1, -0.05) is 6.07 Å². The highest BCUT2D eigenvalue weighted by molar-refractivity contribution is 5.86. The van der Waals surface area contributed by atoms with Crippen LogP contribution in [0.5, 0.6) is 0 Å². The summed E-state index contributed by atoms with van der Waals surface area (Å²) in [5.74, 6) is -1.42. The number of nitrogens with zero attached hydrogens (tertiary/aromatic N) is 2. The Morgan fingerprint density at radius 1 is 1.42 bits per heavy atom. The van der Waals surface area contributed by atoms with E-state index in [1.807, 2.05) is 0 Å². The van der Waals surface area contributed by atoms with Gasteiger partial charge in [-0.15, -0.1) is 0 Å². The highest BCUT2D eigenvalue weighted by Gasteiger charge is 2.20. The van der Waals surface area contributed by atoms with Gasteiger partial charge in [-0.3, -0.25) is 10.1 Å². The number of non-ortho nitro benzene ring substituents is 1. The second-order valence-corrected chi connectivity index (χ2v) is 4.00. The molecule has 0 aliphatic rings. The van der Waals surface area contributed by atoms with E-state index in [-0.39, 0.29) is 23.0 Å². The Morgan fingerprint density at radius 3 is 2.63 bits per heavy atom. The predicted molar refractivity (Wildman–Crippen MR) is 65.0 cm³/mol. The van der Waals surface area contributed by atoms with E-state index in [1.165, 1.54) is 19.1 Å². The fraction of sp³-hybridized carbons (Fsp3) is 0.167. The Bertz CT molecular complexity index is 675. The zero-order valence-corrected chi connectivity index (χ0v) is 10.2. The van der Waals surface area contributed by atoms with Crippen LogP contribution in [0.15, 0.2) is 22.6 Å². The number of carbonyl (C=O) groups is 1. The van der Waals surface area contributed by atoms with Crippen molar-refractivity contribution in [3.63, 3.8) is 0 Å². The van der Waals surface area contributed by atoms with E-state index in [0.717, 1.165) is 0 Å². The lowest BCUT2D eigenvalue weighted by molar-refractivity contribution is -0.384. The number of aromatic nitrogens is 1. The third-order valence-corrected chi connectivity index (χ3v) is 2.65. The maximum Gasteiger partial charge on any atom is 0.373 e. The number of nitro groups is 1. The Balaban J connectivity index is 2.58. The molecule has 0 spiro atoms. The molecule has 1 aromatic heterocycles. The lowest BCUT2D eigenvalue weighted by Gasteiger charge is -2.00. The van der Waals surface area contributed by atoms with E-state index in [1.54, 1.807) is 13.0 Å². The fourth-order valence-electron chi connectivity index (χ4n) is 1.66. The summed E-state index contributed by atoms with van der Waals surface area (Å²) >= 11 is 0. The van der Waals surface area contributed by atoms with Crippen LogP contribution in [-0.4, -0.2) is 21.0 Å². The summed E-state index contributed by atoms with van der Waals surface area (Å²) < 4.78 is 5.14. The molecule has 1 heterocycles. The van der Waals surface area contributed by atoms with Gasteiger partial charge in [-0.25, -0.2) is 9.78 Å². The first kappa shape index (κ1) is 12.7. The van der Waals surface area contributed by atoms with Crippen molar-refractivity contribution in [2.24, 2.45) is 0 Å². The van der Waals surface area contributed by atoms with E-state index in [2.05, 4.69) is 4.98 Å². The van der Waals surface area contributed by atoms with Gasteiger partial charge in [0, 0.05) is 17.7 Å². The molecule has 0 saturated carbocycles. The summed E-state index contributed by atoms with van der Waals surface area (Å²) in [6, 6.07) is 4.24. The number of hydrogen-bond acceptors (Lipinski definition) is 5. The number of oxazole rings is 1. The molecule has 7 nitrogen and oxygen atoms in total. The maximum atomic E-state index is 10.9. The smallest absolute Gasteiger partial charge is 0.373 e. The Kier molecular flexibility index (Phi) is 3.04. The number of carboxylic acid groups (broad SMARTS) is 1. The molecule has 2 rings (SSSR count). The zero-order chi connectivity index (χ0) is 14.2. The number of nitro benzene ring substituents is 1. The number of aryl methyl sites for hydroxylation is 2. The van der Waals surface area contributed by atoms with Crippen LogP contribution in [0, 0.1) is 24.0 Å². The molecule has 98 valence electrons. The molecule has 0 atom stereocenters. The van der Waals surface area contributed by atoms with Gasteiger partial charge in [0.05, 0.1) is 10.6 Å². The van der Waals surface area contributed by atoms with E-state index in [0.29, 0.717) is 11.1 Å². The molecule has 7 heteroatoms. The van der Waals surface area contributed by atoms with E-state index in [4.69, 9.17) is 9.52 Å². The minimum absolute atomic E-state index is 0.0658. The molecule has 0 saturated heterocycles. The number of aromatic carboxylic acids is 1. The molecule has 2 aromatic rings. The summed E-state index contributed by atoms with van der Waals surface area (Å²) in [6.07, 6.45) is 0. The summed E-state index contributed by atoms with van der Waals surface area (Å²) in [7, 11) is 0. The SMILES string of the molecule is Cc1ccc([N+](=O)[O-])cc1-c1nc(C)c(C(=O)O)o1. The van der Waals surface area contributed by atoms with Crippen LogP contribution in [0.2, 0.25) is 0 Å².